The first-order valence-electron chi connectivity index (χ1n) is 10.4. The molecule has 0 aliphatic carbocycles. The van der Waals surface area contributed by atoms with E-state index in [1.54, 1.807) is 6.92 Å². The van der Waals surface area contributed by atoms with E-state index in [0.717, 1.165) is 39.3 Å². The molecule has 6 nitrogen and oxygen atoms in total. The standard InChI is InChI=1S/C25H29NO5/c1-6-29-23(25(27)28)13-19-7-8-21(12-17(19)4)30-14-22-18(5)31-24(26-22)20-10-15(2)9-16(3)11-20/h7-12,23H,6,13-14H2,1-5H3,(H,27,28). The van der Waals surface area contributed by atoms with Gasteiger partial charge in [0.25, 0.3) is 0 Å². The van der Waals surface area contributed by atoms with Gasteiger partial charge in [-0.3, -0.25) is 0 Å². The molecule has 1 aromatic heterocycles. The van der Waals surface area contributed by atoms with Gasteiger partial charge in [-0.2, -0.15) is 0 Å². The highest BCUT2D eigenvalue weighted by Crippen LogP contribution is 2.25. The molecule has 0 radical (unpaired) electrons. The molecule has 3 aromatic rings. The Morgan fingerprint density at radius 2 is 1.81 bits per heavy atom. The predicted molar refractivity (Wildman–Crippen MR) is 118 cm³/mol. The number of aliphatic carboxylic acids is 1. The largest absolute Gasteiger partial charge is 0.487 e. The first-order valence-corrected chi connectivity index (χ1v) is 10.4. The molecule has 0 spiro atoms. The molecule has 0 amide bonds. The third-order valence-corrected chi connectivity index (χ3v) is 5.10. The number of aromatic nitrogens is 1. The minimum absolute atomic E-state index is 0.287. The number of rotatable bonds is 9. The van der Waals surface area contributed by atoms with Crippen molar-refractivity contribution in [1.82, 2.24) is 4.98 Å². The fourth-order valence-electron chi connectivity index (χ4n) is 3.54. The van der Waals surface area contributed by atoms with Crippen LogP contribution in [-0.2, 0) is 22.6 Å². The van der Waals surface area contributed by atoms with Gasteiger partial charge in [-0.05, 0) is 70.0 Å². The number of benzene rings is 2. The van der Waals surface area contributed by atoms with Gasteiger partial charge in [0.2, 0.25) is 5.89 Å². The molecular weight excluding hydrogens is 394 g/mol. The first kappa shape index (κ1) is 22.6. The van der Waals surface area contributed by atoms with Crippen molar-refractivity contribution in [3.63, 3.8) is 0 Å². The Morgan fingerprint density at radius 3 is 2.42 bits per heavy atom. The van der Waals surface area contributed by atoms with Crippen molar-refractivity contribution in [2.75, 3.05) is 6.61 Å². The molecule has 6 heteroatoms. The zero-order chi connectivity index (χ0) is 22.5. The van der Waals surface area contributed by atoms with E-state index >= 15 is 0 Å². The molecule has 1 atom stereocenters. The molecule has 1 N–H and O–H groups in total. The van der Waals surface area contributed by atoms with Crippen molar-refractivity contribution in [3.8, 4) is 17.2 Å². The third-order valence-electron chi connectivity index (χ3n) is 5.10. The van der Waals surface area contributed by atoms with Gasteiger partial charge in [0.1, 0.15) is 23.8 Å². The molecular formula is C25H29NO5. The Morgan fingerprint density at radius 1 is 1.10 bits per heavy atom. The average Bonchev–Trinajstić information content (AvgIpc) is 3.07. The van der Waals surface area contributed by atoms with Gasteiger partial charge in [0.15, 0.2) is 6.10 Å². The van der Waals surface area contributed by atoms with E-state index in [1.807, 2.05) is 32.0 Å². The van der Waals surface area contributed by atoms with E-state index in [4.69, 9.17) is 13.9 Å². The topological polar surface area (TPSA) is 81.8 Å². The van der Waals surface area contributed by atoms with Crippen LogP contribution in [0.2, 0.25) is 0 Å². The van der Waals surface area contributed by atoms with E-state index in [9.17, 15) is 9.90 Å². The normalized spacial score (nSPS) is 12.0. The van der Waals surface area contributed by atoms with Crippen molar-refractivity contribution in [2.45, 2.75) is 53.8 Å². The second kappa shape index (κ2) is 9.79. The van der Waals surface area contributed by atoms with Crippen LogP contribution in [0.15, 0.2) is 40.8 Å². The quantitative estimate of drug-likeness (QED) is 0.510. The Kier molecular flexibility index (Phi) is 7.13. The van der Waals surface area contributed by atoms with Crippen molar-refractivity contribution in [2.24, 2.45) is 0 Å². The lowest BCUT2D eigenvalue weighted by atomic mass is 10.0. The highest BCUT2D eigenvalue weighted by molar-refractivity contribution is 5.72. The van der Waals surface area contributed by atoms with Crippen molar-refractivity contribution in [3.05, 3.63) is 70.1 Å². The second-order valence-corrected chi connectivity index (χ2v) is 7.76. The lowest BCUT2D eigenvalue weighted by Crippen LogP contribution is -2.26. The number of aryl methyl sites for hydroxylation is 4. The number of hydrogen-bond acceptors (Lipinski definition) is 5. The Bertz CT molecular complexity index is 1050. The van der Waals surface area contributed by atoms with Gasteiger partial charge in [-0.15, -0.1) is 0 Å². The molecule has 3 rings (SSSR count). The Hall–Kier alpha value is -3.12. The number of nitrogens with zero attached hydrogens (tertiary/aromatic N) is 1. The third kappa shape index (κ3) is 5.73. The van der Waals surface area contributed by atoms with Crippen molar-refractivity contribution >= 4 is 5.97 Å². The minimum Gasteiger partial charge on any atom is -0.487 e. The van der Waals surface area contributed by atoms with E-state index in [2.05, 4.69) is 37.0 Å². The molecule has 0 aliphatic rings. The number of carboxylic acids is 1. The fraction of sp³-hybridized carbons (Fsp3) is 0.360. The smallest absolute Gasteiger partial charge is 0.333 e. The van der Waals surface area contributed by atoms with Crippen molar-refractivity contribution < 1.29 is 23.8 Å². The van der Waals surface area contributed by atoms with Crippen LogP contribution in [-0.4, -0.2) is 28.8 Å². The molecule has 0 saturated carbocycles. The van der Waals surface area contributed by atoms with Gasteiger partial charge in [0.05, 0.1) is 0 Å². The number of carboxylic acid groups (broad SMARTS) is 1. The highest BCUT2D eigenvalue weighted by atomic mass is 16.5. The summed E-state index contributed by atoms with van der Waals surface area (Å²) < 4.78 is 17.1. The fourth-order valence-corrected chi connectivity index (χ4v) is 3.54. The second-order valence-electron chi connectivity index (χ2n) is 7.76. The Balaban J connectivity index is 1.69. The summed E-state index contributed by atoms with van der Waals surface area (Å²) in [7, 11) is 0. The van der Waals surface area contributed by atoms with Gasteiger partial charge < -0.3 is 19.0 Å². The maximum absolute atomic E-state index is 11.3. The van der Waals surface area contributed by atoms with Crippen LogP contribution in [0.25, 0.3) is 11.5 Å². The SMILES string of the molecule is CCOC(Cc1ccc(OCc2nc(-c3cc(C)cc(C)c3)oc2C)cc1C)C(=O)O. The molecule has 164 valence electrons. The van der Waals surface area contributed by atoms with Crippen LogP contribution in [0.5, 0.6) is 5.75 Å². The zero-order valence-corrected chi connectivity index (χ0v) is 18.7. The van der Waals surface area contributed by atoms with E-state index < -0.39 is 12.1 Å². The van der Waals surface area contributed by atoms with E-state index in [-0.39, 0.29) is 6.61 Å². The summed E-state index contributed by atoms with van der Waals surface area (Å²) in [6.45, 7) is 10.4. The van der Waals surface area contributed by atoms with Crippen LogP contribution in [0.3, 0.4) is 0 Å². The lowest BCUT2D eigenvalue weighted by Gasteiger charge is -2.15. The molecule has 0 aliphatic heterocycles. The van der Waals surface area contributed by atoms with Crippen LogP contribution in [0.4, 0.5) is 0 Å². The van der Waals surface area contributed by atoms with E-state index in [1.165, 1.54) is 0 Å². The number of hydrogen-bond donors (Lipinski definition) is 1. The van der Waals surface area contributed by atoms with Crippen LogP contribution in [0.1, 0.15) is 40.6 Å². The molecule has 31 heavy (non-hydrogen) atoms. The summed E-state index contributed by atoms with van der Waals surface area (Å²) in [4.78, 5) is 16.0. The maximum Gasteiger partial charge on any atom is 0.333 e. The van der Waals surface area contributed by atoms with Gasteiger partial charge >= 0.3 is 5.97 Å². The Labute approximate surface area is 182 Å². The molecule has 2 aromatic carbocycles. The highest BCUT2D eigenvalue weighted by Gasteiger charge is 2.19. The first-order chi connectivity index (χ1) is 14.8. The van der Waals surface area contributed by atoms with Crippen LogP contribution in [0, 0.1) is 27.7 Å². The van der Waals surface area contributed by atoms with Gasteiger partial charge in [-0.1, -0.05) is 23.3 Å². The lowest BCUT2D eigenvalue weighted by molar-refractivity contribution is -0.149. The molecule has 0 fully saturated rings. The minimum atomic E-state index is -0.956. The molecule has 0 saturated heterocycles. The average molecular weight is 424 g/mol. The van der Waals surface area contributed by atoms with E-state index in [0.29, 0.717) is 24.7 Å². The molecule has 0 bridgehead atoms. The summed E-state index contributed by atoms with van der Waals surface area (Å²) in [6.07, 6.45) is -0.534. The van der Waals surface area contributed by atoms with Crippen LogP contribution < -0.4 is 4.74 Å². The predicted octanol–water partition coefficient (Wildman–Crippen LogP) is 5.19. The zero-order valence-electron chi connectivity index (χ0n) is 18.7. The molecule has 1 unspecified atom stereocenters. The maximum atomic E-state index is 11.3. The number of ether oxygens (including phenoxy) is 2. The van der Waals surface area contributed by atoms with Crippen LogP contribution >= 0.6 is 0 Å². The molecule has 1 heterocycles. The summed E-state index contributed by atoms with van der Waals surface area (Å²) in [6, 6.07) is 11.8. The van der Waals surface area contributed by atoms with Gasteiger partial charge in [0, 0.05) is 18.6 Å². The monoisotopic (exact) mass is 423 g/mol. The van der Waals surface area contributed by atoms with Gasteiger partial charge in [-0.25, -0.2) is 9.78 Å². The summed E-state index contributed by atoms with van der Waals surface area (Å²) in [5, 5.41) is 9.30. The number of carbonyl (C=O) groups is 1. The summed E-state index contributed by atoms with van der Waals surface area (Å²) in [5.41, 5.74) is 5.90. The summed E-state index contributed by atoms with van der Waals surface area (Å²) in [5.74, 6) is 1.05. The van der Waals surface area contributed by atoms with Crippen molar-refractivity contribution in [1.29, 1.82) is 0 Å². The number of oxazole rings is 1. The summed E-state index contributed by atoms with van der Waals surface area (Å²) >= 11 is 0.